The summed E-state index contributed by atoms with van der Waals surface area (Å²) in [5.41, 5.74) is 1.83. The van der Waals surface area contributed by atoms with Gasteiger partial charge in [-0.15, -0.1) is 11.3 Å². The molecule has 0 spiro atoms. The lowest BCUT2D eigenvalue weighted by Gasteiger charge is -2.33. The van der Waals surface area contributed by atoms with E-state index in [4.69, 9.17) is 0 Å². The zero-order chi connectivity index (χ0) is 19.8. The standard InChI is InChI=1S/C18H27N5O3S/c1-18(2)14(21(3)17(26)22(18)4)15(24)20-13(9-12-10-27-11-19-12)16(25)23-7-5-6-8-23/h10-11,13-14H,5-9H2,1-4H3,(H,20,24). The lowest BCUT2D eigenvalue weighted by molar-refractivity contribution is -0.137. The van der Waals surface area contributed by atoms with Gasteiger partial charge < -0.3 is 20.0 Å². The van der Waals surface area contributed by atoms with Gasteiger partial charge in [0.25, 0.3) is 0 Å². The van der Waals surface area contributed by atoms with Gasteiger partial charge in [-0.1, -0.05) is 0 Å². The van der Waals surface area contributed by atoms with Crippen molar-refractivity contribution < 1.29 is 14.4 Å². The number of carbonyl (C=O) groups is 3. The van der Waals surface area contributed by atoms with Gasteiger partial charge in [-0.2, -0.15) is 0 Å². The van der Waals surface area contributed by atoms with Crippen molar-refractivity contribution in [2.45, 2.75) is 50.7 Å². The van der Waals surface area contributed by atoms with Crippen LogP contribution in [-0.2, 0) is 16.0 Å². The topological polar surface area (TPSA) is 85.9 Å². The summed E-state index contributed by atoms with van der Waals surface area (Å²) >= 11 is 1.46. The molecule has 8 nitrogen and oxygen atoms in total. The van der Waals surface area contributed by atoms with Gasteiger partial charge in [0.05, 0.1) is 16.7 Å². The Morgan fingerprint density at radius 3 is 2.52 bits per heavy atom. The summed E-state index contributed by atoms with van der Waals surface area (Å²) in [4.78, 5) is 47.5. The second kappa shape index (κ2) is 7.46. The van der Waals surface area contributed by atoms with Crippen LogP contribution < -0.4 is 5.32 Å². The lowest BCUT2D eigenvalue weighted by atomic mass is 9.93. The molecule has 0 saturated carbocycles. The SMILES string of the molecule is CN1C(=O)N(C)C(C)(C)C1C(=O)NC(Cc1cscn1)C(=O)N1CCCC1. The Bertz CT molecular complexity index is 715. The molecule has 2 unspecified atom stereocenters. The Hall–Kier alpha value is -2.16. The maximum absolute atomic E-state index is 13.1. The number of amides is 4. The number of rotatable bonds is 5. The van der Waals surface area contributed by atoms with Crippen molar-refractivity contribution in [3.8, 4) is 0 Å². The van der Waals surface area contributed by atoms with E-state index in [1.165, 1.54) is 16.2 Å². The molecule has 0 aliphatic carbocycles. The van der Waals surface area contributed by atoms with Crippen molar-refractivity contribution in [3.05, 3.63) is 16.6 Å². The van der Waals surface area contributed by atoms with Gasteiger partial charge >= 0.3 is 6.03 Å². The second-order valence-corrected chi connectivity index (χ2v) is 8.50. The molecule has 2 atom stereocenters. The van der Waals surface area contributed by atoms with Crippen LogP contribution in [0, 0.1) is 0 Å². The molecule has 2 saturated heterocycles. The second-order valence-electron chi connectivity index (χ2n) is 7.79. The van der Waals surface area contributed by atoms with E-state index < -0.39 is 17.6 Å². The Balaban J connectivity index is 1.79. The minimum atomic E-state index is -0.678. The van der Waals surface area contributed by atoms with Crippen LogP contribution in [0.1, 0.15) is 32.4 Å². The van der Waals surface area contributed by atoms with Gasteiger partial charge in [0.1, 0.15) is 12.1 Å². The third-order valence-corrected chi connectivity index (χ3v) is 6.32. The molecule has 4 amide bonds. The van der Waals surface area contributed by atoms with Gasteiger partial charge in [0, 0.05) is 39.0 Å². The van der Waals surface area contributed by atoms with Crippen molar-refractivity contribution >= 4 is 29.2 Å². The molecule has 3 heterocycles. The maximum Gasteiger partial charge on any atom is 0.320 e. The van der Waals surface area contributed by atoms with E-state index >= 15 is 0 Å². The zero-order valence-corrected chi connectivity index (χ0v) is 17.1. The number of carbonyl (C=O) groups excluding carboxylic acids is 3. The third-order valence-electron chi connectivity index (χ3n) is 5.69. The van der Waals surface area contributed by atoms with Crippen LogP contribution in [0.3, 0.4) is 0 Å². The first-order valence-electron chi connectivity index (χ1n) is 9.20. The number of aromatic nitrogens is 1. The van der Waals surface area contributed by atoms with Crippen molar-refractivity contribution in [1.29, 1.82) is 0 Å². The highest BCUT2D eigenvalue weighted by atomic mass is 32.1. The van der Waals surface area contributed by atoms with Crippen LogP contribution in [0.2, 0.25) is 0 Å². The van der Waals surface area contributed by atoms with E-state index in [1.54, 1.807) is 29.4 Å². The Morgan fingerprint density at radius 2 is 2.00 bits per heavy atom. The minimum Gasteiger partial charge on any atom is -0.342 e. The number of nitrogens with one attached hydrogen (secondary N) is 1. The summed E-state index contributed by atoms with van der Waals surface area (Å²) < 4.78 is 0. The fourth-order valence-corrected chi connectivity index (χ4v) is 4.47. The van der Waals surface area contributed by atoms with E-state index in [2.05, 4.69) is 10.3 Å². The highest BCUT2D eigenvalue weighted by Gasteiger charge is 2.52. The van der Waals surface area contributed by atoms with Gasteiger partial charge in [-0.3, -0.25) is 9.59 Å². The molecule has 1 N–H and O–H groups in total. The molecule has 0 bridgehead atoms. The Labute approximate surface area is 163 Å². The molecule has 2 fully saturated rings. The first-order valence-corrected chi connectivity index (χ1v) is 10.1. The number of hydrogen-bond acceptors (Lipinski definition) is 5. The molecule has 2 aliphatic rings. The molecule has 0 aromatic carbocycles. The van der Waals surface area contributed by atoms with Gasteiger partial charge in [-0.05, 0) is 26.7 Å². The largest absolute Gasteiger partial charge is 0.342 e. The molecule has 1 aromatic heterocycles. The third kappa shape index (κ3) is 3.65. The molecule has 3 rings (SSSR count). The van der Waals surface area contributed by atoms with Crippen LogP contribution in [0.4, 0.5) is 4.79 Å². The highest BCUT2D eigenvalue weighted by Crippen LogP contribution is 2.30. The van der Waals surface area contributed by atoms with E-state index in [9.17, 15) is 14.4 Å². The van der Waals surface area contributed by atoms with Crippen LogP contribution in [0.5, 0.6) is 0 Å². The number of nitrogens with zero attached hydrogens (tertiary/aromatic N) is 4. The summed E-state index contributed by atoms with van der Waals surface area (Å²) in [6.45, 7) is 5.16. The fraction of sp³-hybridized carbons (Fsp3) is 0.667. The van der Waals surface area contributed by atoms with Crippen LogP contribution in [0.25, 0.3) is 0 Å². The minimum absolute atomic E-state index is 0.0769. The molecule has 1 aromatic rings. The van der Waals surface area contributed by atoms with Gasteiger partial charge in [-0.25, -0.2) is 9.78 Å². The molecule has 2 aliphatic heterocycles. The van der Waals surface area contributed by atoms with E-state index in [-0.39, 0.29) is 17.8 Å². The summed E-state index contributed by atoms with van der Waals surface area (Å²) in [5.74, 6) is -0.389. The molecular formula is C18H27N5O3S. The Morgan fingerprint density at radius 1 is 1.33 bits per heavy atom. The molecular weight excluding hydrogens is 366 g/mol. The Kier molecular flexibility index (Phi) is 5.41. The van der Waals surface area contributed by atoms with Crippen molar-refractivity contribution in [1.82, 2.24) is 25.0 Å². The van der Waals surface area contributed by atoms with E-state index in [1.807, 2.05) is 19.2 Å². The summed E-state index contributed by atoms with van der Waals surface area (Å²) in [7, 11) is 3.31. The molecule has 148 valence electrons. The van der Waals surface area contributed by atoms with Crippen LogP contribution in [-0.4, -0.2) is 82.3 Å². The smallest absolute Gasteiger partial charge is 0.320 e. The number of urea groups is 1. The van der Waals surface area contributed by atoms with Crippen molar-refractivity contribution in [2.75, 3.05) is 27.2 Å². The molecule has 0 radical (unpaired) electrons. The predicted octanol–water partition coefficient (Wildman–Crippen LogP) is 0.937. The number of hydrogen-bond donors (Lipinski definition) is 1. The summed E-state index contributed by atoms with van der Waals surface area (Å²) in [6, 6.07) is -1.55. The van der Waals surface area contributed by atoms with E-state index in [0.29, 0.717) is 6.42 Å². The highest BCUT2D eigenvalue weighted by molar-refractivity contribution is 7.07. The van der Waals surface area contributed by atoms with Gasteiger partial charge in [0.2, 0.25) is 11.8 Å². The maximum atomic E-state index is 13.1. The first-order chi connectivity index (χ1) is 12.7. The quantitative estimate of drug-likeness (QED) is 0.807. The number of likely N-dealkylation sites (tertiary alicyclic amines) is 1. The predicted molar refractivity (Wildman–Crippen MR) is 102 cm³/mol. The van der Waals surface area contributed by atoms with Gasteiger partial charge in [0.15, 0.2) is 0 Å². The average Bonchev–Trinajstić information content (AvgIpc) is 3.34. The monoisotopic (exact) mass is 393 g/mol. The van der Waals surface area contributed by atoms with Crippen molar-refractivity contribution in [3.63, 3.8) is 0 Å². The number of thiazole rings is 1. The lowest BCUT2D eigenvalue weighted by Crippen LogP contribution is -2.58. The van der Waals surface area contributed by atoms with Crippen LogP contribution >= 0.6 is 11.3 Å². The molecule has 9 heteroatoms. The van der Waals surface area contributed by atoms with E-state index in [0.717, 1.165) is 31.6 Å². The van der Waals surface area contributed by atoms with Crippen LogP contribution in [0.15, 0.2) is 10.9 Å². The zero-order valence-electron chi connectivity index (χ0n) is 16.3. The fourth-order valence-electron chi connectivity index (χ4n) is 3.90. The number of likely N-dealkylation sites (N-methyl/N-ethyl adjacent to an activating group) is 2. The average molecular weight is 394 g/mol. The summed E-state index contributed by atoms with van der Waals surface area (Å²) in [5, 5.41) is 4.80. The normalized spacial score (nSPS) is 23.0. The molecule has 27 heavy (non-hydrogen) atoms. The first kappa shape index (κ1) is 19.6. The van der Waals surface area contributed by atoms with Crippen molar-refractivity contribution in [2.24, 2.45) is 0 Å². The summed E-state index contributed by atoms with van der Waals surface area (Å²) in [6.07, 6.45) is 2.33.